The Morgan fingerprint density at radius 2 is 1.93 bits per heavy atom. The first-order valence-corrected chi connectivity index (χ1v) is 5.09. The molecule has 0 aliphatic carbocycles. The summed E-state index contributed by atoms with van der Waals surface area (Å²) in [5.74, 6) is 1.62. The smallest absolute Gasteiger partial charge is 0.223 e. The van der Waals surface area contributed by atoms with Gasteiger partial charge in [-0.1, -0.05) is 11.6 Å². The SMILES string of the molecule is Cc1cc(-c2cnc(Cl)nc2Cl)c(C)o1. The molecule has 3 nitrogen and oxygen atoms in total. The largest absolute Gasteiger partial charge is 0.466 e. The molecule has 0 aliphatic rings. The van der Waals surface area contributed by atoms with Gasteiger partial charge >= 0.3 is 0 Å². The maximum Gasteiger partial charge on any atom is 0.223 e. The summed E-state index contributed by atoms with van der Waals surface area (Å²) in [6.07, 6.45) is 1.59. The van der Waals surface area contributed by atoms with Gasteiger partial charge in [0.15, 0.2) is 0 Å². The van der Waals surface area contributed by atoms with Crippen LogP contribution in [-0.4, -0.2) is 9.97 Å². The molecule has 0 unspecified atom stereocenters. The van der Waals surface area contributed by atoms with Crippen LogP contribution in [0.1, 0.15) is 11.5 Å². The fourth-order valence-electron chi connectivity index (χ4n) is 1.42. The fourth-order valence-corrected chi connectivity index (χ4v) is 1.83. The zero-order chi connectivity index (χ0) is 11.0. The Kier molecular flexibility index (Phi) is 2.67. The van der Waals surface area contributed by atoms with Crippen molar-refractivity contribution in [2.75, 3.05) is 0 Å². The maximum absolute atomic E-state index is 5.97. The van der Waals surface area contributed by atoms with Crippen molar-refractivity contribution in [2.45, 2.75) is 13.8 Å². The molecule has 0 spiro atoms. The fraction of sp³-hybridized carbons (Fsp3) is 0.200. The highest BCUT2D eigenvalue weighted by Gasteiger charge is 2.12. The van der Waals surface area contributed by atoms with Gasteiger partial charge in [0, 0.05) is 17.3 Å². The standard InChI is InChI=1S/C10H8Cl2N2O/c1-5-3-7(6(2)15-5)8-4-13-10(12)14-9(8)11/h3-4H,1-2H3. The van der Waals surface area contributed by atoms with Crippen molar-refractivity contribution in [2.24, 2.45) is 0 Å². The van der Waals surface area contributed by atoms with Gasteiger partial charge in [-0.25, -0.2) is 9.97 Å². The number of rotatable bonds is 1. The molecule has 0 saturated carbocycles. The van der Waals surface area contributed by atoms with Crippen molar-refractivity contribution in [1.29, 1.82) is 0 Å². The van der Waals surface area contributed by atoms with Gasteiger partial charge in [-0.2, -0.15) is 0 Å². The molecule has 5 heteroatoms. The van der Waals surface area contributed by atoms with Gasteiger partial charge < -0.3 is 4.42 Å². The van der Waals surface area contributed by atoms with E-state index in [2.05, 4.69) is 9.97 Å². The molecule has 0 aromatic carbocycles. The van der Waals surface area contributed by atoms with Crippen molar-refractivity contribution in [1.82, 2.24) is 9.97 Å². The third-order valence-corrected chi connectivity index (χ3v) is 2.51. The molecule has 0 N–H and O–H groups in total. The first kappa shape index (κ1) is 10.5. The molecule has 0 amide bonds. The van der Waals surface area contributed by atoms with Crippen molar-refractivity contribution >= 4 is 23.2 Å². The van der Waals surface area contributed by atoms with Crippen molar-refractivity contribution in [3.8, 4) is 11.1 Å². The van der Waals surface area contributed by atoms with Crippen LogP contribution in [0.25, 0.3) is 11.1 Å². The number of aromatic nitrogens is 2. The Hall–Kier alpha value is -1.06. The third-order valence-electron chi connectivity index (χ3n) is 2.04. The zero-order valence-corrected chi connectivity index (χ0v) is 9.73. The maximum atomic E-state index is 5.97. The number of hydrogen-bond donors (Lipinski definition) is 0. The van der Waals surface area contributed by atoms with Crippen LogP contribution in [0, 0.1) is 13.8 Å². The number of halogens is 2. The average molecular weight is 243 g/mol. The number of hydrogen-bond acceptors (Lipinski definition) is 3. The molecule has 78 valence electrons. The summed E-state index contributed by atoms with van der Waals surface area (Å²) in [5.41, 5.74) is 1.63. The van der Waals surface area contributed by atoms with E-state index in [1.807, 2.05) is 19.9 Å². The van der Waals surface area contributed by atoms with E-state index in [1.54, 1.807) is 6.20 Å². The topological polar surface area (TPSA) is 38.9 Å². The molecule has 0 bridgehead atoms. The number of nitrogens with zero attached hydrogens (tertiary/aromatic N) is 2. The first-order chi connectivity index (χ1) is 7.08. The monoisotopic (exact) mass is 242 g/mol. The van der Waals surface area contributed by atoms with Crippen molar-refractivity contribution in [3.05, 3.63) is 34.2 Å². The Morgan fingerprint density at radius 1 is 1.20 bits per heavy atom. The Morgan fingerprint density at radius 3 is 2.47 bits per heavy atom. The summed E-state index contributed by atoms with van der Waals surface area (Å²) in [5, 5.41) is 0.473. The molecule has 2 rings (SSSR count). The predicted octanol–water partition coefficient (Wildman–Crippen LogP) is 3.66. The van der Waals surface area contributed by atoms with Gasteiger partial charge in [0.2, 0.25) is 5.28 Å². The summed E-state index contributed by atoms with van der Waals surface area (Å²) in [6.45, 7) is 3.74. The second-order valence-electron chi connectivity index (χ2n) is 3.17. The van der Waals surface area contributed by atoms with Gasteiger partial charge in [-0.05, 0) is 31.5 Å². The highest BCUT2D eigenvalue weighted by molar-refractivity contribution is 6.33. The van der Waals surface area contributed by atoms with E-state index in [4.69, 9.17) is 27.6 Å². The molecular weight excluding hydrogens is 235 g/mol. The minimum absolute atomic E-state index is 0.140. The van der Waals surface area contributed by atoms with Gasteiger partial charge in [0.1, 0.15) is 16.7 Å². The van der Waals surface area contributed by atoms with Crippen LogP contribution in [0.2, 0.25) is 10.4 Å². The lowest BCUT2D eigenvalue weighted by atomic mass is 10.1. The average Bonchev–Trinajstić information content (AvgIpc) is 2.45. The molecule has 0 aliphatic heterocycles. The lowest BCUT2D eigenvalue weighted by molar-refractivity contribution is 0.505. The second kappa shape index (κ2) is 3.83. The van der Waals surface area contributed by atoms with E-state index < -0.39 is 0 Å². The molecular formula is C10H8Cl2N2O. The normalized spacial score (nSPS) is 10.7. The van der Waals surface area contributed by atoms with E-state index >= 15 is 0 Å². The highest BCUT2D eigenvalue weighted by Crippen LogP contribution is 2.31. The molecule has 0 atom stereocenters. The van der Waals surface area contributed by atoms with Gasteiger partial charge in [-0.15, -0.1) is 0 Å². The predicted molar refractivity (Wildman–Crippen MR) is 59.2 cm³/mol. The van der Waals surface area contributed by atoms with Crippen LogP contribution < -0.4 is 0 Å². The number of furan rings is 1. The van der Waals surface area contributed by atoms with Crippen LogP contribution in [-0.2, 0) is 0 Å². The second-order valence-corrected chi connectivity index (χ2v) is 3.87. The summed E-state index contributed by atoms with van der Waals surface area (Å²) >= 11 is 11.6. The quantitative estimate of drug-likeness (QED) is 0.566. The minimum atomic E-state index is 0.140. The Bertz CT molecular complexity index is 508. The highest BCUT2D eigenvalue weighted by atomic mass is 35.5. The van der Waals surface area contributed by atoms with Crippen molar-refractivity contribution in [3.63, 3.8) is 0 Å². The Balaban J connectivity index is 2.59. The molecule has 2 aromatic heterocycles. The van der Waals surface area contributed by atoms with E-state index in [0.29, 0.717) is 5.15 Å². The molecule has 0 saturated heterocycles. The molecule has 0 radical (unpaired) electrons. The van der Waals surface area contributed by atoms with Crippen LogP contribution >= 0.6 is 23.2 Å². The summed E-state index contributed by atoms with van der Waals surface area (Å²) in [6, 6.07) is 1.90. The Labute approximate surface area is 97.1 Å². The lowest BCUT2D eigenvalue weighted by Gasteiger charge is -2.00. The van der Waals surface area contributed by atoms with E-state index in [-0.39, 0.29) is 5.28 Å². The van der Waals surface area contributed by atoms with Gasteiger partial charge in [-0.3, -0.25) is 0 Å². The van der Waals surface area contributed by atoms with Crippen LogP contribution in [0.3, 0.4) is 0 Å². The van der Waals surface area contributed by atoms with Gasteiger partial charge in [0.05, 0.1) is 0 Å². The van der Waals surface area contributed by atoms with Crippen LogP contribution in [0.4, 0.5) is 0 Å². The molecule has 0 fully saturated rings. The van der Waals surface area contributed by atoms with Crippen molar-refractivity contribution < 1.29 is 4.42 Å². The number of aryl methyl sites for hydroxylation is 2. The van der Waals surface area contributed by atoms with Crippen LogP contribution in [0.15, 0.2) is 16.7 Å². The van der Waals surface area contributed by atoms with Crippen LogP contribution in [0.5, 0.6) is 0 Å². The molecule has 2 heterocycles. The van der Waals surface area contributed by atoms with E-state index in [0.717, 1.165) is 22.6 Å². The lowest BCUT2D eigenvalue weighted by Crippen LogP contribution is -1.87. The summed E-state index contributed by atoms with van der Waals surface area (Å²) in [4.78, 5) is 7.77. The zero-order valence-electron chi connectivity index (χ0n) is 8.21. The molecule has 15 heavy (non-hydrogen) atoms. The van der Waals surface area contributed by atoms with E-state index in [1.165, 1.54) is 0 Å². The molecule has 2 aromatic rings. The third kappa shape index (κ3) is 1.98. The summed E-state index contributed by atoms with van der Waals surface area (Å²) < 4.78 is 5.41. The first-order valence-electron chi connectivity index (χ1n) is 4.33. The van der Waals surface area contributed by atoms with Gasteiger partial charge in [0.25, 0.3) is 0 Å². The summed E-state index contributed by atoms with van der Waals surface area (Å²) in [7, 11) is 0. The minimum Gasteiger partial charge on any atom is -0.466 e. The van der Waals surface area contributed by atoms with E-state index in [9.17, 15) is 0 Å².